The smallest absolute Gasteiger partial charge is 0.338 e. The number of carboxylic acid groups (broad SMARTS) is 1. The number of nitrogens with zero attached hydrogens (tertiary/aromatic N) is 1. The second kappa shape index (κ2) is 7.40. The molecule has 0 amide bonds. The molecule has 1 aromatic heterocycles. The highest BCUT2D eigenvalue weighted by Crippen LogP contribution is 2.38. The van der Waals surface area contributed by atoms with Crippen molar-refractivity contribution in [2.24, 2.45) is 5.92 Å². The molecule has 146 valence electrons. The van der Waals surface area contributed by atoms with Crippen molar-refractivity contribution in [1.82, 2.24) is 9.88 Å². The number of hydrogen-bond acceptors (Lipinski definition) is 2. The Morgan fingerprint density at radius 3 is 2.64 bits per heavy atom. The molecule has 3 unspecified atom stereocenters. The Morgan fingerprint density at radius 2 is 1.93 bits per heavy atom. The van der Waals surface area contributed by atoms with E-state index in [4.69, 9.17) is 0 Å². The summed E-state index contributed by atoms with van der Waals surface area (Å²) in [6.45, 7) is 4.97. The summed E-state index contributed by atoms with van der Waals surface area (Å²) in [6.07, 6.45) is 1.95. The van der Waals surface area contributed by atoms with Crippen molar-refractivity contribution in [2.75, 3.05) is 6.54 Å². The van der Waals surface area contributed by atoms with Crippen LogP contribution in [0.4, 0.5) is 4.39 Å². The number of aromatic carboxylic acids is 1. The molecular formula is C23H25FN2O2. The van der Waals surface area contributed by atoms with Crippen LogP contribution in [0.15, 0.2) is 48.5 Å². The number of rotatable bonds is 4. The molecule has 2 heterocycles. The summed E-state index contributed by atoms with van der Waals surface area (Å²) >= 11 is 0. The van der Waals surface area contributed by atoms with Crippen LogP contribution in [-0.2, 0) is 0 Å². The molecule has 3 aromatic rings. The van der Waals surface area contributed by atoms with Crippen LogP contribution in [-0.4, -0.2) is 22.2 Å². The van der Waals surface area contributed by atoms with Crippen LogP contribution in [0.3, 0.4) is 0 Å². The first-order chi connectivity index (χ1) is 13.5. The minimum atomic E-state index is -0.880. The van der Waals surface area contributed by atoms with Crippen LogP contribution in [0.5, 0.6) is 0 Å². The Kier molecular flexibility index (Phi) is 4.94. The highest BCUT2D eigenvalue weighted by atomic mass is 19.1. The first-order valence-electron chi connectivity index (χ1n) is 9.79. The van der Waals surface area contributed by atoms with Crippen LogP contribution < -0.4 is 5.32 Å². The maximum absolute atomic E-state index is 13.3. The number of benzene rings is 2. The summed E-state index contributed by atoms with van der Waals surface area (Å²) in [5.74, 6) is -0.707. The molecule has 0 saturated carbocycles. The van der Waals surface area contributed by atoms with E-state index in [0.29, 0.717) is 11.5 Å². The molecule has 0 bridgehead atoms. The summed E-state index contributed by atoms with van der Waals surface area (Å²) in [6, 6.07) is 14.8. The van der Waals surface area contributed by atoms with Gasteiger partial charge in [-0.3, -0.25) is 0 Å². The Morgan fingerprint density at radius 1 is 1.21 bits per heavy atom. The number of carbonyl (C=O) groups is 1. The lowest BCUT2D eigenvalue weighted by Crippen LogP contribution is -2.35. The highest BCUT2D eigenvalue weighted by Gasteiger charge is 2.30. The lowest BCUT2D eigenvalue weighted by molar-refractivity contribution is 0.0697. The van der Waals surface area contributed by atoms with E-state index in [1.54, 1.807) is 0 Å². The first kappa shape index (κ1) is 18.7. The van der Waals surface area contributed by atoms with Crippen LogP contribution in [0.25, 0.3) is 10.9 Å². The van der Waals surface area contributed by atoms with Gasteiger partial charge >= 0.3 is 5.97 Å². The Balaban J connectivity index is 1.68. The average Bonchev–Trinajstić information content (AvgIpc) is 3.00. The fourth-order valence-corrected chi connectivity index (χ4v) is 4.73. The molecule has 2 N–H and O–H groups in total. The summed E-state index contributed by atoms with van der Waals surface area (Å²) in [5.41, 5.74) is 3.27. The minimum Gasteiger partial charge on any atom is -0.478 e. The number of halogens is 1. The van der Waals surface area contributed by atoms with E-state index in [1.165, 1.54) is 12.1 Å². The third-order valence-corrected chi connectivity index (χ3v) is 6.18. The van der Waals surface area contributed by atoms with Crippen LogP contribution in [0, 0.1) is 18.7 Å². The Bertz CT molecular complexity index is 1010. The Hall–Kier alpha value is -2.66. The summed E-state index contributed by atoms with van der Waals surface area (Å²) in [5, 5.41) is 14.1. The van der Waals surface area contributed by atoms with Crippen LogP contribution in [0.1, 0.15) is 53.5 Å². The van der Waals surface area contributed by atoms with Gasteiger partial charge in [0.25, 0.3) is 0 Å². The molecule has 5 heteroatoms. The second-order valence-corrected chi connectivity index (χ2v) is 7.74. The van der Waals surface area contributed by atoms with Crippen molar-refractivity contribution in [3.8, 4) is 0 Å². The number of para-hydroxylation sites is 1. The van der Waals surface area contributed by atoms with Gasteiger partial charge in [0.1, 0.15) is 5.82 Å². The van der Waals surface area contributed by atoms with Gasteiger partial charge in [0.15, 0.2) is 0 Å². The van der Waals surface area contributed by atoms with Gasteiger partial charge in [0, 0.05) is 28.7 Å². The summed E-state index contributed by atoms with van der Waals surface area (Å²) in [7, 11) is 0. The van der Waals surface area contributed by atoms with Crippen molar-refractivity contribution in [3.05, 3.63) is 71.2 Å². The third-order valence-electron chi connectivity index (χ3n) is 6.18. The average molecular weight is 380 g/mol. The fraction of sp³-hybridized carbons (Fsp3) is 0.348. The lowest BCUT2D eigenvalue weighted by Gasteiger charge is -2.35. The number of fused-ring (bicyclic) bond motifs is 1. The largest absolute Gasteiger partial charge is 0.478 e. The van der Waals surface area contributed by atoms with Crippen molar-refractivity contribution >= 4 is 16.9 Å². The van der Waals surface area contributed by atoms with E-state index in [9.17, 15) is 14.3 Å². The minimum absolute atomic E-state index is 0.169. The van der Waals surface area contributed by atoms with Crippen molar-refractivity contribution in [2.45, 2.75) is 38.8 Å². The predicted molar refractivity (Wildman–Crippen MR) is 108 cm³/mol. The zero-order valence-electron chi connectivity index (χ0n) is 16.2. The van der Waals surface area contributed by atoms with E-state index in [-0.39, 0.29) is 17.9 Å². The number of carboxylic acids is 1. The van der Waals surface area contributed by atoms with E-state index >= 15 is 0 Å². The van der Waals surface area contributed by atoms with Crippen molar-refractivity contribution < 1.29 is 14.3 Å². The first-order valence-corrected chi connectivity index (χ1v) is 9.79. The molecule has 1 saturated heterocycles. The van der Waals surface area contributed by atoms with E-state index in [2.05, 4.69) is 16.8 Å². The van der Waals surface area contributed by atoms with Gasteiger partial charge < -0.3 is 15.0 Å². The zero-order valence-corrected chi connectivity index (χ0v) is 16.2. The van der Waals surface area contributed by atoms with E-state index in [1.807, 2.05) is 43.3 Å². The van der Waals surface area contributed by atoms with Crippen molar-refractivity contribution in [3.63, 3.8) is 0 Å². The SMILES string of the molecule is Cc1c(C(=O)O)c2ccccc2n1C(C)C1CCNC(c2ccc(F)cc2)C1. The molecule has 0 radical (unpaired) electrons. The second-order valence-electron chi connectivity index (χ2n) is 7.74. The fourth-order valence-electron chi connectivity index (χ4n) is 4.73. The van der Waals surface area contributed by atoms with Gasteiger partial charge in [-0.15, -0.1) is 0 Å². The molecule has 4 rings (SSSR count). The molecule has 4 nitrogen and oxygen atoms in total. The molecule has 0 aliphatic carbocycles. The summed E-state index contributed by atoms with van der Waals surface area (Å²) in [4.78, 5) is 11.9. The standard InChI is InChI=1S/C23H25FN2O2/c1-14(17-11-12-25-20(13-17)16-7-9-18(24)10-8-16)26-15(2)22(23(27)28)19-5-3-4-6-21(19)26/h3-10,14,17,20,25H,11-13H2,1-2H3,(H,27,28). The molecule has 3 atom stereocenters. The molecule has 28 heavy (non-hydrogen) atoms. The molecule has 2 aromatic carbocycles. The van der Waals surface area contributed by atoms with Crippen LogP contribution >= 0.6 is 0 Å². The van der Waals surface area contributed by atoms with Gasteiger partial charge in [-0.25, -0.2) is 9.18 Å². The van der Waals surface area contributed by atoms with E-state index in [0.717, 1.165) is 41.5 Å². The number of aromatic nitrogens is 1. The number of hydrogen-bond donors (Lipinski definition) is 2. The maximum atomic E-state index is 13.3. The quantitative estimate of drug-likeness (QED) is 0.663. The molecule has 1 fully saturated rings. The van der Waals surface area contributed by atoms with Gasteiger partial charge in [0.2, 0.25) is 0 Å². The number of nitrogens with one attached hydrogen (secondary N) is 1. The van der Waals surface area contributed by atoms with Gasteiger partial charge in [-0.05, 0) is 62.9 Å². The molecule has 0 spiro atoms. The third kappa shape index (κ3) is 3.20. The van der Waals surface area contributed by atoms with Crippen LogP contribution in [0.2, 0.25) is 0 Å². The molecule has 1 aliphatic heterocycles. The monoisotopic (exact) mass is 380 g/mol. The predicted octanol–water partition coefficient (Wildman–Crippen LogP) is 5.09. The number of piperidine rings is 1. The molecular weight excluding hydrogens is 355 g/mol. The van der Waals surface area contributed by atoms with Crippen molar-refractivity contribution in [1.29, 1.82) is 0 Å². The Labute approximate surface area is 164 Å². The van der Waals surface area contributed by atoms with Gasteiger partial charge in [-0.2, -0.15) is 0 Å². The normalized spacial score (nSPS) is 21.0. The van der Waals surface area contributed by atoms with Gasteiger partial charge in [-0.1, -0.05) is 30.3 Å². The lowest BCUT2D eigenvalue weighted by atomic mass is 9.84. The highest BCUT2D eigenvalue weighted by molar-refractivity contribution is 6.05. The molecule has 1 aliphatic rings. The van der Waals surface area contributed by atoms with Gasteiger partial charge in [0.05, 0.1) is 5.56 Å². The van der Waals surface area contributed by atoms with E-state index < -0.39 is 5.97 Å². The zero-order chi connectivity index (χ0) is 19.8. The summed E-state index contributed by atoms with van der Waals surface area (Å²) < 4.78 is 15.5. The topological polar surface area (TPSA) is 54.3 Å². The maximum Gasteiger partial charge on any atom is 0.338 e.